The second-order valence-corrected chi connectivity index (χ2v) is 26.3. The molecule has 4 rings (SSSR count). The van der Waals surface area contributed by atoms with Gasteiger partial charge in [-0.05, 0) is 145 Å². The number of amides is 1. The quantitative estimate of drug-likeness (QED) is 0.00687. The number of carbonyl (C=O) groups excluding carboxylic acids is 6. The van der Waals surface area contributed by atoms with Crippen molar-refractivity contribution < 1.29 is 75.1 Å². The minimum atomic E-state index is -4.63. The molecule has 18 nitrogen and oxygen atoms in total. The van der Waals surface area contributed by atoms with E-state index < -0.39 is 55.3 Å². The van der Waals surface area contributed by atoms with Crippen molar-refractivity contribution in [3.05, 3.63) is 94.7 Å². The highest BCUT2D eigenvalue weighted by molar-refractivity contribution is 7.80. The molecule has 1 heterocycles. The number of ketones is 1. The Balaban J connectivity index is 0.00000785. The molecule has 5 N–H and O–H groups in total. The summed E-state index contributed by atoms with van der Waals surface area (Å²) in [5.41, 5.74) is 1.17. The van der Waals surface area contributed by atoms with Gasteiger partial charge in [-0.15, -0.1) is 0 Å². The fourth-order valence-electron chi connectivity index (χ4n) is 10.7. The summed E-state index contributed by atoms with van der Waals surface area (Å²) in [7, 11) is -4.63. The molecule has 0 saturated heterocycles. The summed E-state index contributed by atoms with van der Waals surface area (Å²) in [5, 5.41) is 19.8. The van der Waals surface area contributed by atoms with E-state index in [1.54, 1.807) is 24.3 Å². The predicted molar refractivity (Wildman–Crippen MR) is 376 cm³/mol. The van der Waals surface area contributed by atoms with Gasteiger partial charge in [-0.25, -0.2) is 13.3 Å². The molecule has 0 saturated carbocycles. The molecule has 2 aromatic carbocycles. The Morgan fingerprint density at radius 1 is 0.604 bits per heavy atom. The van der Waals surface area contributed by atoms with Crippen molar-refractivity contribution in [3.63, 3.8) is 0 Å². The summed E-state index contributed by atoms with van der Waals surface area (Å²) in [6, 6.07) is 11.3. The van der Waals surface area contributed by atoms with Crippen LogP contribution in [0.4, 0.5) is 14.5 Å². The number of ether oxygens (including phenoxy) is 2. The molecule has 96 heavy (non-hydrogen) atoms. The van der Waals surface area contributed by atoms with Gasteiger partial charge in [0.25, 0.3) is 0 Å². The van der Waals surface area contributed by atoms with Gasteiger partial charge in [-0.3, -0.25) is 33.0 Å². The number of anilines is 1. The molecular formula is C74H108F2N3O15PS. The number of benzene rings is 3. The van der Waals surface area contributed by atoms with Crippen molar-refractivity contribution in [3.8, 4) is 28.2 Å². The predicted octanol–water partition coefficient (Wildman–Crippen LogP) is 18.1. The number of carbonyl (C=O) groups is 4. The van der Waals surface area contributed by atoms with Crippen LogP contribution in [0.2, 0.25) is 0 Å². The summed E-state index contributed by atoms with van der Waals surface area (Å²) in [6.45, 7) is 4.46. The fraction of sp³-hybridized carbons (Fsp3) is 0.608. The van der Waals surface area contributed by atoms with Gasteiger partial charge < -0.3 is 39.8 Å². The molecule has 0 fully saturated rings. The van der Waals surface area contributed by atoms with E-state index in [0.29, 0.717) is 60.7 Å². The first-order valence-electron chi connectivity index (χ1n) is 35.3. The van der Waals surface area contributed by atoms with E-state index in [-0.39, 0.29) is 91.9 Å². The molecule has 2 atom stereocenters. The van der Waals surface area contributed by atoms with E-state index in [1.807, 2.05) is 0 Å². The topological polar surface area (TPSA) is 263 Å². The Morgan fingerprint density at radius 2 is 1.10 bits per heavy atom. The van der Waals surface area contributed by atoms with E-state index in [1.165, 1.54) is 77.0 Å². The molecule has 0 bridgehead atoms. The number of rotatable bonds is 54. The third kappa shape index (κ3) is 39.1. The Hall–Kier alpha value is -6.47. The van der Waals surface area contributed by atoms with E-state index in [0.717, 1.165) is 121 Å². The zero-order chi connectivity index (χ0) is 69.9. The zero-order valence-corrected chi connectivity index (χ0v) is 58.7. The summed E-state index contributed by atoms with van der Waals surface area (Å²) in [4.78, 5) is 89.6. The summed E-state index contributed by atoms with van der Waals surface area (Å²) in [6.07, 6.45) is 42.3. The van der Waals surface area contributed by atoms with E-state index in [9.17, 15) is 47.3 Å². The maximum atomic E-state index is 14.5. The third-order valence-electron chi connectivity index (χ3n) is 16.1. The lowest BCUT2D eigenvalue weighted by atomic mass is 9.93. The molecular weight excluding hydrogens is 1270 g/mol. The first-order chi connectivity index (χ1) is 46.5. The Kier molecular flexibility index (Phi) is 45.9. The summed E-state index contributed by atoms with van der Waals surface area (Å²) >= 11 is 5.48. The number of phosphoric acid groups is 1. The van der Waals surface area contributed by atoms with Crippen LogP contribution in [-0.4, -0.2) is 83.9 Å². The van der Waals surface area contributed by atoms with Gasteiger partial charge in [0.1, 0.15) is 23.7 Å². The van der Waals surface area contributed by atoms with Crippen LogP contribution in [0, 0.1) is 11.6 Å². The molecule has 0 radical (unpaired) electrons. The second kappa shape index (κ2) is 52.6. The summed E-state index contributed by atoms with van der Waals surface area (Å²) in [5.74, 6) is -3.54. The van der Waals surface area contributed by atoms with E-state index in [2.05, 4.69) is 54.1 Å². The Labute approximate surface area is 573 Å². The largest absolute Gasteiger partial charge is 0.505 e. The molecule has 2 aromatic rings. The lowest BCUT2D eigenvalue weighted by molar-refractivity contribution is -0.191. The van der Waals surface area contributed by atoms with Crippen molar-refractivity contribution in [1.82, 2.24) is 10.6 Å². The first kappa shape index (κ1) is 83.8. The average Bonchev–Trinajstić information content (AvgIpc) is 0.752. The molecule has 0 spiro atoms. The van der Waals surface area contributed by atoms with Crippen LogP contribution in [0.25, 0.3) is 33.4 Å². The molecule has 2 aliphatic rings. The van der Waals surface area contributed by atoms with Gasteiger partial charge in [0, 0.05) is 79.5 Å². The highest BCUT2D eigenvalue weighted by atomic mass is 32.1. The zero-order valence-electron chi connectivity index (χ0n) is 57.0. The van der Waals surface area contributed by atoms with Crippen molar-refractivity contribution in [1.29, 1.82) is 0 Å². The van der Waals surface area contributed by atoms with Crippen molar-refractivity contribution >= 4 is 71.6 Å². The number of esters is 2. The number of hydrogen-bond donors (Lipinski definition) is 5. The molecule has 22 heteroatoms. The van der Waals surface area contributed by atoms with Crippen LogP contribution in [0.3, 0.4) is 0 Å². The normalized spacial score (nSPS) is 12.3. The Bertz CT molecular complexity index is 3040. The highest BCUT2D eigenvalue weighted by Gasteiger charge is 2.27. The first-order valence-corrected chi connectivity index (χ1v) is 37.2. The van der Waals surface area contributed by atoms with Crippen LogP contribution >= 0.6 is 20.0 Å². The number of phenols is 1. The lowest BCUT2D eigenvalue weighted by Gasteiger charge is -2.20. The number of hydrogen-bond acceptors (Lipinski definition) is 15. The number of aromatic hydroxyl groups is 1. The minimum Gasteiger partial charge on any atom is -0.505 e. The highest BCUT2D eigenvalue weighted by Crippen LogP contribution is 2.44. The average molecular weight is 1380 g/mol. The maximum Gasteiger partial charge on any atom is 0.472 e. The summed E-state index contributed by atoms with van der Waals surface area (Å²) < 4.78 is 69.1. The van der Waals surface area contributed by atoms with Gasteiger partial charge in [-0.2, -0.15) is 9.59 Å². The molecule has 1 amide bonds. The number of thiocarbonyl (C=S) groups is 1. The number of phenolic OH excluding ortho intramolecular Hbond substituents is 1. The standard InChI is InChI=1S/C73H108F2N3O13PS.CO2/c1-3-5-7-9-11-13-15-17-19-21-23-25-27-29-32-42-70(83)87-55-60(90-71(84)43-33-30-28-26-24-22-20-18-16-14-12-10-8-6-4-2)56-89-92(85,86)88-50-38-40-59(79)39-34-35-41-69(82)76-48-36-31-37-49-77-73(93)78-58-46-44-57(45-47-58)72-61-51-63(74)65(80)53-67(61)91-68-54-66(81)64(75)52-62(68)72;2-1-3/h17-20,44-47,51-54,60,80H,3-16,21-43,48-50,55-56H2,1-2H3,(H,76,82)(H,85,86)(H2,77,78,93);/b19-17-,20-18-;. The van der Waals surface area contributed by atoms with Gasteiger partial charge >= 0.3 is 25.9 Å². The number of halogens is 2. The lowest BCUT2D eigenvalue weighted by Crippen LogP contribution is -2.29. The van der Waals surface area contributed by atoms with Gasteiger partial charge in [-0.1, -0.05) is 153 Å². The van der Waals surface area contributed by atoms with E-state index in [4.69, 9.17) is 44.7 Å². The second-order valence-electron chi connectivity index (χ2n) is 24.4. The van der Waals surface area contributed by atoms with Gasteiger partial charge in [0.2, 0.25) is 11.3 Å². The van der Waals surface area contributed by atoms with Crippen LogP contribution in [-0.2, 0) is 51.9 Å². The van der Waals surface area contributed by atoms with Crippen LogP contribution < -0.4 is 21.4 Å². The molecule has 1 aliphatic heterocycles. The molecule has 2 unspecified atom stereocenters. The number of phosphoric ester groups is 1. The molecule has 0 aromatic heterocycles. The smallest absolute Gasteiger partial charge is 0.472 e. The fourth-order valence-corrected chi connectivity index (χ4v) is 11.8. The van der Waals surface area contributed by atoms with Crippen LogP contribution in [0.1, 0.15) is 251 Å². The third-order valence-corrected chi connectivity index (χ3v) is 17.4. The van der Waals surface area contributed by atoms with Gasteiger partial charge in [0.05, 0.1) is 13.2 Å². The number of Topliss-reactive ketones (excluding diaryl/α,β-unsaturated/α-hetero) is 1. The number of fused-ring (bicyclic) bond motifs is 2. The number of nitrogens with one attached hydrogen (secondary N) is 3. The molecule has 1 aliphatic carbocycles. The number of unbranched alkanes of at least 4 members (excludes halogenated alkanes) is 25. The van der Waals surface area contributed by atoms with Gasteiger partial charge in [0.15, 0.2) is 28.6 Å². The van der Waals surface area contributed by atoms with Crippen molar-refractivity contribution in [2.75, 3.05) is 38.2 Å². The van der Waals surface area contributed by atoms with E-state index >= 15 is 0 Å². The van der Waals surface area contributed by atoms with Crippen molar-refractivity contribution in [2.24, 2.45) is 0 Å². The monoisotopic (exact) mass is 1380 g/mol. The minimum absolute atomic E-state index is 0.0690. The van der Waals surface area contributed by atoms with Crippen molar-refractivity contribution in [2.45, 2.75) is 258 Å². The number of allylic oxidation sites excluding steroid dienone is 4. The Morgan fingerprint density at radius 3 is 1.69 bits per heavy atom. The SMILES string of the molecule is CCCCCCCC/C=C\CCCCCCCC(=O)OCC(COP(=O)(O)OCCCC(=O)CCCCC(=O)NCCCCCNC(=S)Nc1ccc(-c2c3cc(F)c(=O)cc-3oc3cc(O)c(F)cc23)cc1)OC(=O)CCCCCCC/C=C\CCCCCCCC.O=C=O. The molecule has 534 valence electrons. The van der Waals surface area contributed by atoms with Crippen LogP contribution in [0.5, 0.6) is 5.75 Å². The maximum absolute atomic E-state index is 14.5. The van der Waals surface area contributed by atoms with Crippen LogP contribution in [0.15, 0.2) is 82.0 Å².